The number of rotatable bonds is 4. The average molecular weight is 473 g/mol. The van der Waals surface area contributed by atoms with Crippen molar-refractivity contribution >= 4 is 17.4 Å². The molecule has 0 saturated carbocycles. The Balaban J connectivity index is 1.95. The van der Waals surface area contributed by atoms with E-state index in [0.717, 1.165) is 11.0 Å². The summed E-state index contributed by atoms with van der Waals surface area (Å²) >= 11 is 0. The Kier molecular flexibility index (Phi) is 5.96. The fraction of sp³-hybridized carbons (Fsp3) is 0.385. The van der Waals surface area contributed by atoms with Crippen molar-refractivity contribution in [3.05, 3.63) is 64.9 Å². The predicted octanol–water partition coefficient (Wildman–Crippen LogP) is 5.89. The number of hydrogen-bond acceptors (Lipinski definition) is 4. The number of carbonyl (C=O) groups excluding carboxylic acids is 2. The first kappa shape index (κ1) is 23.9. The summed E-state index contributed by atoms with van der Waals surface area (Å²) in [6.07, 6.45) is -4.27. The number of ketones is 1. The Morgan fingerprint density at radius 2 is 1.71 bits per heavy atom. The zero-order valence-corrected chi connectivity index (χ0v) is 19.5. The van der Waals surface area contributed by atoms with Gasteiger partial charge < -0.3 is 9.47 Å². The van der Waals surface area contributed by atoms with E-state index in [1.807, 2.05) is 13.8 Å². The number of benzene rings is 2. The molecule has 1 unspecified atom stereocenters. The number of anilines is 1. The van der Waals surface area contributed by atoms with Crippen molar-refractivity contribution in [3.63, 3.8) is 0 Å². The van der Waals surface area contributed by atoms with Crippen LogP contribution in [0, 0.1) is 5.41 Å². The number of ether oxygens (including phenoxy) is 2. The fourth-order valence-corrected chi connectivity index (χ4v) is 4.98. The first-order chi connectivity index (χ1) is 16.0. The predicted molar refractivity (Wildman–Crippen MR) is 121 cm³/mol. The molecule has 180 valence electrons. The van der Waals surface area contributed by atoms with E-state index in [9.17, 15) is 22.8 Å². The summed E-state index contributed by atoms with van der Waals surface area (Å²) in [6.45, 7) is 3.76. The van der Waals surface area contributed by atoms with Gasteiger partial charge in [-0.25, -0.2) is 0 Å². The summed E-state index contributed by atoms with van der Waals surface area (Å²) in [7, 11) is 3.00. The van der Waals surface area contributed by atoms with Gasteiger partial charge in [0.05, 0.1) is 25.5 Å². The summed E-state index contributed by atoms with van der Waals surface area (Å²) in [6, 6.07) is 10.1. The Bertz CT molecular complexity index is 1180. The third-order valence-corrected chi connectivity index (χ3v) is 6.41. The SMILES string of the molecule is COc1ccc(C2CC(=O)N(c3ccccc3C(F)(F)F)C3=C2C(=O)CC(C)(C)C3)c(OC)c1. The van der Waals surface area contributed by atoms with E-state index in [0.29, 0.717) is 34.8 Å². The molecule has 2 aromatic rings. The lowest BCUT2D eigenvalue weighted by Crippen LogP contribution is -2.44. The van der Waals surface area contributed by atoms with Crippen LogP contribution in [0.1, 0.15) is 50.2 Å². The maximum atomic E-state index is 13.8. The molecule has 0 spiro atoms. The fourth-order valence-electron chi connectivity index (χ4n) is 4.98. The molecule has 5 nitrogen and oxygen atoms in total. The number of alkyl halides is 3. The lowest BCUT2D eigenvalue weighted by atomic mass is 9.69. The number of nitrogens with zero attached hydrogens (tertiary/aromatic N) is 1. The highest BCUT2D eigenvalue weighted by Crippen LogP contribution is 2.51. The molecule has 0 bridgehead atoms. The molecule has 1 aliphatic heterocycles. The highest BCUT2D eigenvalue weighted by Gasteiger charge is 2.47. The summed E-state index contributed by atoms with van der Waals surface area (Å²) in [5.41, 5.74) is -0.338. The topological polar surface area (TPSA) is 55.8 Å². The average Bonchev–Trinajstić information content (AvgIpc) is 2.76. The van der Waals surface area contributed by atoms with Crippen LogP contribution in [0.2, 0.25) is 0 Å². The van der Waals surface area contributed by atoms with Gasteiger partial charge in [0.15, 0.2) is 5.78 Å². The van der Waals surface area contributed by atoms with Crippen LogP contribution < -0.4 is 14.4 Å². The summed E-state index contributed by atoms with van der Waals surface area (Å²) in [5.74, 6) is -0.291. The van der Waals surface area contributed by atoms with Crippen LogP contribution in [0.25, 0.3) is 0 Å². The summed E-state index contributed by atoms with van der Waals surface area (Å²) in [5, 5.41) is 0. The molecule has 0 saturated heterocycles. The molecule has 1 amide bonds. The quantitative estimate of drug-likeness (QED) is 0.556. The first-order valence-corrected chi connectivity index (χ1v) is 10.9. The maximum Gasteiger partial charge on any atom is 0.418 e. The number of allylic oxidation sites excluding steroid dienone is 2. The number of halogens is 3. The molecule has 34 heavy (non-hydrogen) atoms. The third kappa shape index (κ3) is 4.17. The number of carbonyl (C=O) groups is 2. The van der Waals surface area contributed by atoms with E-state index in [1.54, 1.807) is 18.2 Å². The van der Waals surface area contributed by atoms with E-state index < -0.39 is 29.0 Å². The van der Waals surface area contributed by atoms with Gasteiger partial charge in [-0.2, -0.15) is 13.2 Å². The van der Waals surface area contributed by atoms with Crippen molar-refractivity contribution in [2.75, 3.05) is 19.1 Å². The zero-order chi connectivity index (χ0) is 24.8. The van der Waals surface area contributed by atoms with E-state index in [-0.39, 0.29) is 24.3 Å². The zero-order valence-electron chi connectivity index (χ0n) is 19.5. The molecular weight excluding hydrogens is 447 g/mol. The minimum Gasteiger partial charge on any atom is -0.497 e. The standard InChI is InChI=1S/C26H26F3NO4/c1-25(2)13-20-24(21(31)14-25)17(16-10-9-15(33-3)11-22(16)34-4)12-23(32)30(20)19-8-6-5-7-18(19)26(27,28)29/h5-11,17H,12-14H2,1-4H3. The summed E-state index contributed by atoms with van der Waals surface area (Å²) < 4.78 is 52.3. The van der Waals surface area contributed by atoms with E-state index in [1.165, 1.54) is 32.4 Å². The van der Waals surface area contributed by atoms with Crippen LogP contribution >= 0.6 is 0 Å². The third-order valence-electron chi connectivity index (χ3n) is 6.41. The van der Waals surface area contributed by atoms with Crippen molar-refractivity contribution < 1.29 is 32.2 Å². The van der Waals surface area contributed by atoms with Gasteiger partial charge in [0.2, 0.25) is 5.91 Å². The molecule has 1 aliphatic carbocycles. The normalized spacial score (nSPS) is 20.3. The van der Waals surface area contributed by atoms with Gasteiger partial charge >= 0.3 is 6.18 Å². The molecule has 1 heterocycles. The van der Waals surface area contributed by atoms with Gasteiger partial charge in [-0.1, -0.05) is 32.0 Å². The second kappa shape index (κ2) is 8.49. The highest BCUT2D eigenvalue weighted by atomic mass is 19.4. The number of methoxy groups -OCH3 is 2. The van der Waals surface area contributed by atoms with Crippen LogP contribution in [-0.4, -0.2) is 25.9 Å². The Labute approximate surface area is 196 Å². The molecule has 2 aliphatic rings. The molecule has 2 aromatic carbocycles. The van der Waals surface area contributed by atoms with Crippen LogP contribution in [0.5, 0.6) is 11.5 Å². The molecule has 0 N–H and O–H groups in total. The van der Waals surface area contributed by atoms with Gasteiger partial charge in [0, 0.05) is 41.7 Å². The van der Waals surface area contributed by atoms with Gasteiger partial charge in [-0.05, 0) is 30.0 Å². The molecule has 0 fully saturated rings. The first-order valence-electron chi connectivity index (χ1n) is 10.9. The van der Waals surface area contributed by atoms with Gasteiger partial charge in [0.1, 0.15) is 11.5 Å². The van der Waals surface area contributed by atoms with Crippen molar-refractivity contribution in [1.29, 1.82) is 0 Å². The van der Waals surface area contributed by atoms with E-state index in [4.69, 9.17) is 9.47 Å². The van der Waals surface area contributed by atoms with E-state index >= 15 is 0 Å². The van der Waals surface area contributed by atoms with Crippen molar-refractivity contribution in [1.82, 2.24) is 0 Å². The lowest BCUT2D eigenvalue weighted by Gasteiger charge is -2.43. The minimum absolute atomic E-state index is 0.153. The second-order valence-corrected chi connectivity index (χ2v) is 9.41. The maximum absolute atomic E-state index is 13.8. The van der Waals surface area contributed by atoms with Crippen LogP contribution in [0.4, 0.5) is 18.9 Å². The molecular formula is C26H26F3NO4. The molecule has 0 radical (unpaired) electrons. The van der Waals surface area contributed by atoms with Gasteiger partial charge in [-0.3, -0.25) is 14.5 Å². The largest absolute Gasteiger partial charge is 0.497 e. The molecule has 8 heteroatoms. The van der Waals surface area contributed by atoms with Crippen LogP contribution in [0.15, 0.2) is 53.7 Å². The van der Waals surface area contributed by atoms with Crippen LogP contribution in [-0.2, 0) is 15.8 Å². The summed E-state index contributed by atoms with van der Waals surface area (Å²) in [4.78, 5) is 28.0. The number of para-hydroxylation sites is 1. The van der Waals surface area contributed by atoms with Crippen molar-refractivity contribution in [2.24, 2.45) is 5.41 Å². The number of amides is 1. The van der Waals surface area contributed by atoms with Crippen LogP contribution in [0.3, 0.4) is 0 Å². The second-order valence-electron chi connectivity index (χ2n) is 9.41. The Hall–Kier alpha value is -3.29. The number of Topliss-reactive ketones (excluding diaryl/α,β-unsaturated/α-hetero) is 1. The van der Waals surface area contributed by atoms with Crippen molar-refractivity contribution in [3.8, 4) is 11.5 Å². The molecule has 4 rings (SSSR count). The molecule has 0 aromatic heterocycles. The highest BCUT2D eigenvalue weighted by molar-refractivity contribution is 6.08. The molecule has 1 atom stereocenters. The lowest BCUT2D eigenvalue weighted by molar-refractivity contribution is -0.137. The van der Waals surface area contributed by atoms with Gasteiger partial charge in [0.25, 0.3) is 0 Å². The Morgan fingerprint density at radius 3 is 2.35 bits per heavy atom. The minimum atomic E-state index is -4.65. The van der Waals surface area contributed by atoms with E-state index in [2.05, 4.69) is 0 Å². The van der Waals surface area contributed by atoms with Gasteiger partial charge in [-0.15, -0.1) is 0 Å². The number of hydrogen-bond donors (Lipinski definition) is 0. The monoisotopic (exact) mass is 473 g/mol. The smallest absolute Gasteiger partial charge is 0.418 e. The van der Waals surface area contributed by atoms with Crippen molar-refractivity contribution in [2.45, 2.75) is 45.2 Å². The Morgan fingerprint density at radius 1 is 1.00 bits per heavy atom.